The summed E-state index contributed by atoms with van der Waals surface area (Å²) in [5.41, 5.74) is 7.31. The maximum Gasteiger partial charge on any atom is 0.147 e. The third-order valence-electron chi connectivity index (χ3n) is 2.65. The minimum Gasteiger partial charge on any atom is -0.387 e. The Morgan fingerprint density at radius 2 is 2.12 bits per heavy atom. The molecule has 0 aliphatic carbocycles. The van der Waals surface area contributed by atoms with Gasteiger partial charge in [0.2, 0.25) is 0 Å². The van der Waals surface area contributed by atoms with Crippen LogP contribution in [0.3, 0.4) is 0 Å². The number of hydrogen-bond acceptors (Lipinski definition) is 4. The normalized spacial score (nSPS) is 12.2. The highest BCUT2D eigenvalue weighted by Gasteiger charge is 2.11. The van der Waals surface area contributed by atoms with Crippen molar-refractivity contribution in [1.82, 2.24) is 9.97 Å². The minimum absolute atomic E-state index is 0.0217. The molecule has 0 aliphatic rings. The van der Waals surface area contributed by atoms with E-state index in [4.69, 9.17) is 11.1 Å². The average molecular weight is 221 g/mol. The molecule has 3 N–H and O–H groups in total. The van der Waals surface area contributed by atoms with Crippen LogP contribution in [0.25, 0.3) is 0 Å². The van der Waals surface area contributed by atoms with Gasteiger partial charge in [0.25, 0.3) is 0 Å². The van der Waals surface area contributed by atoms with Gasteiger partial charge in [-0.25, -0.2) is 4.98 Å². The molecule has 0 radical (unpaired) electrons. The van der Waals surface area contributed by atoms with Gasteiger partial charge in [-0.3, -0.25) is 10.4 Å². The van der Waals surface area contributed by atoms with E-state index in [2.05, 4.69) is 9.97 Å². The number of nitrogens with zero attached hydrogens (tertiary/aromatic N) is 3. The molecule has 1 rings (SSSR count). The van der Waals surface area contributed by atoms with Crippen LogP contribution in [-0.2, 0) is 0 Å². The highest BCUT2D eigenvalue weighted by molar-refractivity contribution is 5.79. The highest BCUT2D eigenvalue weighted by Crippen LogP contribution is 2.11. The first-order valence-electron chi connectivity index (χ1n) is 5.27. The molecule has 0 amide bonds. The zero-order chi connectivity index (χ0) is 12.3. The number of hydrogen-bond donors (Lipinski definition) is 2. The second-order valence-electron chi connectivity index (χ2n) is 4.14. The number of rotatable bonds is 4. The second-order valence-corrected chi connectivity index (χ2v) is 4.14. The predicted molar refractivity (Wildman–Crippen MR) is 65.9 cm³/mol. The van der Waals surface area contributed by atoms with Gasteiger partial charge in [0.05, 0.1) is 23.4 Å². The summed E-state index contributed by atoms with van der Waals surface area (Å²) in [5.74, 6) is 1.04. The summed E-state index contributed by atoms with van der Waals surface area (Å²) in [6, 6.07) is 0. The number of aromatic nitrogens is 2. The Bertz CT molecular complexity index is 388. The molecule has 5 heteroatoms. The van der Waals surface area contributed by atoms with E-state index >= 15 is 0 Å². The topological polar surface area (TPSA) is 78.9 Å². The van der Waals surface area contributed by atoms with Crippen molar-refractivity contribution in [1.29, 1.82) is 5.41 Å². The van der Waals surface area contributed by atoms with Crippen LogP contribution in [-0.4, -0.2) is 29.4 Å². The summed E-state index contributed by atoms with van der Waals surface area (Å²) >= 11 is 0. The van der Waals surface area contributed by atoms with Gasteiger partial charge in [-0.2, -0.15) is 0 Å². The standard InChI is InChI=1S/C11H19N5/c1-7(11(12)13)6-16(4)10-5-14-8(2)9(3)15-10/h5,7H,6H2,1-4H3,(H3,12,13). The number of anilines is 1. The fourth-order valence-corrected chi connectivity index (χ4v) is 1.32. The molecular weight excluding hydrogens is 202 g/mol. The molecule has 0 spiro atoms. The predicted octanol–water partition coefficient (Wildman–Crippen LogP) is 1.10. The van der Waals surface area contributed by atoms with Crippen molar-refractivity contribution >= 4 is 11.7 Å². The van der Waals surface area contributed by atoms with Crippen molar-refractivity contribution in [2.24, 2.45) is 11.7 Å². The number of nitrogens with one attached hydrogen (secondary N) is 1. The first kappa shape index (κ1) is 12.4. The Morgan fingerprint density at radius 3 is 2.62 bits per heavy atom. The molecule has 0 fully saturated rings. The Balaban J connectivity index is 2.76. The molecule has 88 valence electrons. The molecule has 1 atom stereocenters. The van der Waals surface area contributed by atoms with Crippen LogP contribution in [0.2, 0.25) is 0 Å². The van der Waals surface area contributed by atoms with Gasteiger partial charge in [-0.1, -0.05) is 6.92 Å². The van der Waals surface area contributed by atoms with E-state index in [1.54, 1.807) is 6.20 Å². The molecule has 0 bridgehead atoms. The average Bonchev–Trinajstić information content (AvgIpc) is 2.21. The molecule has 0 aliphatic heterocycles. The minimum atomic E-state index is 0.0217. The van der Waals surface area contributed by atoms with E-state index in [0.29, 0.717) is 6.54 Å². The maximum absolute atomic E-state index is 7.35. The van der Waals surface area contributed by atoms with E-state index in [-0.39, 0.29) is 11.8 Å². The third-order valence-corrected chi connectivity index (χ3v) is 2.65. The lowest BCUT2D eigenvalue weighted by molar-refractivity contribution is 0.719. The first-order chi connectivity index (χ1) is 7.41. The van der Waals surface area contributed by atoms with Gasteiger partial charge < -0.3 is 10.6 Å². The monoisotopic (exact) mass is 221 g/mol. The lowest BCUT2D eigenvalue weighted by Gasteiger charge is -2.21. The fourth-order valence-electron chi connectivity index (χ4n) is 1.32. The van der Waals surface area contributed by atoms with Crippen molar-refractivity contribution < 1.29 is 0 Å². The van der Waals surface area contributed by atoms with Gasteiger partial charge in [0, 0.05) is 19.5 Å². The van der Waals surface area contributed by atoms with Crippen LogP contribution >= 0.6 is 0 Å². The smallest absolute Gasteiger partial charge is 0.147 e. The van der Waals surface area contributed by atoms with Crippen LogP contribution in [0.1, 0.15) is 18.3 Å². The summed E-state index contributed by atoms with van der Waals surface area (Å²) in [6.45, 7) is 6.47. The summed E-state index contributed by atoms with van der Waals surface area (Å²) in [7, 11) is 1.93. The Labute approximate surface area is 96.2 Å². The zero-order valence-corrected chi connectivity index (χ0v) is 10.3. The summed E-state index contributed by atoms with van der Waals surface area (Å²) < 4.78 is 0. The zero-order valence-electron chi connectivity index (χ0n) is 10.3. The van der Waals surface area contributed by atoms with Crippen LogP contribution in [0, 0.1) is 25.2 Å². The SMILES string of the molecule is Cc1ncc(N(C)CC(C)C(=N)N)nc1C. The molecule has 1 aromatic heterocycles. The van der Waals surface area contributed by atoms with Crippen LogP contribution < -0.4 is 10.6 Å². The van der Waals surface area contributed by atoms with E-state index in [9.17, 15) is 0 Å². The van der Waals surface area contributed by atoms with E-state index in [1.165, 1.54) is 0 Å². The third kappa shape index (κ3) is 2.92. The molecule has 0 saturated heterocycles. The van der Waals surface area contributed by atoms with Crippen molar-refractivity contribution in [2.45, 2.75) is 20.8 Å². The molecule has 1 heterocycles. The maximum atomic E-state index is 7.35. The van der Waals surface area contributed by atoms with Gasteiger partial charge in [0.1, 0.15) is 5.82 Å². The fraction of sp³-hybridized carbons (Fsp3) is 0.545. The van der Waals surface area contributed by atoms with Crippen LogP contribution in [0.5, 0.6) is 0 Å². The van der Waals surface area contributed by atoms with Crippen LogP contribution in [0.4, 0.5) is 5.82 Å². The first-order valence-corrected chi connectivity index (χ1v) is 5.27. The second kappa shape index (κ2) is 4.92. The number of amidine groups is 1. The summed E-state index contributed by atoms with van der Waals surface area (Å²) in [4.78, 5) is 10.7. The lowest BCUT2D eigenvalue weighted by Crippen LogP contribution is -2.32. The lowest BCUT2D eigenvalue weighted by atomic mass is 10.1. The Hall–Kier alpha value is -1.65. The molecule has 1 aromatic rings. The molecule has 0 aromatic carbocycles. The molecule has 5 nitrogen and oxygen atoms in total. The molecular formula is C11H19N5. The van der Waals surface area contributed by atoms with E-state index < -0.39 is 0 Å². The molecule has 0 saturated carbocycles. The van der Waals surface area contributed by atoms with Crippen LogP contribution in [0.15, 0.2) is 6.20 Å². The Kier molecular flexibility index (Phi) is 3.82. The van der Waals surface area contributed by atoms with Gasteiger partial charge in [-0.05, 0) is 13.8 Å². The summed E-state index contributed by atoms with van der Waals surface area (Å²) in [5, 5.41) is 7.35. The molecule has 1 unspecified atom stereocenters. The number of aryl methyl sites for hydroxylation is 2. The van der Waals surface area contributed by atoms with E-state index in [0.717, 1.165) is 17.2 Å². The highest BCUT2D eigenvalue weighted by atomic mass is 15.2. The van der Waals surface area contributed by atoms with Crippen molar-refractivity contribution in [2.75, 3.05) is 18.5 Å². The van der Waals surface area contributed by atoms with E-state index in [1.807, 2.05) is 32.7 Å². The Morgan fingerprint density at radius 1 is 1.50 bits per heavy atom. The van der Waals surface area contributed by atoms with Crippen molar-refractivity contribution in [3.8, 4) is 0 Å². The largest absolute Gasteiger partial charge is 0.387 e. The van der Waals surface area contributed by atoms with Crippen molar-refractivity contribution in [3.63, 3.8) is 0 Å². The van der Waals surface area contributed by atoms with Gasteiger partial charge >= 0.3 is 0 Å². The van der Waals surface area contributed by atoms with Gasteiger partial charge in [0.15, 0.2) is 0 Å². The molecule has 16 heavy (non-hydrogen) atoms. The van der Waals surface area contributed by atoms with Gasteiger partial charge in [-0.15, -0.1) is 0 Å². The van der Waals surface area contributed by atoms with Crippen molar-refractivity contribution in [3.05, 3.63) is 17.6 Å². The quantitative estimate of drug-likeness (QED) is 0.589. The summed E-state index contributed by atoms with van der Waals surface area (Å²) in [6.07, 6.45) is 1.75. The number of nitrogens with two attached hydrogens (primary N) is 1.